The predicted octanol–water partition coefficient (Wildman–Crippen LogP) is 2.34. The second-order valence-corrected chi connectivity index (χ2v) is 4.55. The van der Waals surface area contributed by atoms with Crippen LogP contribution in [0.1, 0.15) is 10.4 Å². The van der Waals surface area contributed by atoms with Gasteiger partial charge in [-0.2, -0.15) is 0 Å². The first-order chi connectivity index (χ1) is 5.24. The zero-order valence-corrected chi connectivity index (χ0v) is 9.30. The van der Waals surface area contributed by atoms with Crippen molar-refractivity contribution in [2.45, 2.75) is 5.82 Å². The normalized spacial score (nSPS) is 9.64. The van der Waals surface area contributed by atoms with Crippen molar-refractivity contribution in [1.29, 1.82) is 0 Å². The fourth-order valence-corrected chi connectivity index (χ4v) is 1.75. The van der Waals surface area contributed by atoms with Gasteiger partial charge in [0.1, 0.15) is 0 Å². The Kier molecular flexibility index (Phi) is 3.31. The zero-order chi connectivity index (χ0) is 8.27. The Bertz CT molecular complexity index is 255. The molecule has 0 saturated heterocycles. The SMILES string of the molecule is C[Se]C(=O)c1ccc(Br)cc1. The fraction of sp³-hybridized carbons (Fsp3) is 0.125. The van der Waals surface area contributed by atoms with Crippen molar-refractivity contribution in [2.75, 3.05) is 0 Å². The van der Waals surface area contributed by atoms with E-state index in [9.17, 15) is 4.79 Å². The Labute approximate surface area is 80.5 Å². The molecule has 0 saturated carbocycles. The van der Waals surface area contributed by atoms with Crippen LogP contribution in [-0.2, 0) is 0 Å². The zero-order valence-electron chi connectivity index (χ0n) is 6.00. The van der Waals surface area contributed by atoms with Crippen molar-refractivity contribution < 1.29 is 4.79 Å². The minimum absolute atomic E-state index is 0.0772. The minimum atomic E-state index is 0.0772. The van der Waals surface area contributed by atoms with E-state index in [0.717, 1.165) is 10.0 Å². The molecule has 0 amide bonds. The summed E-state index contributed by atoms with van der Waals surface area (Å²) in [4.78, 5) is 11.1. The standard InChI is InChI=1S/C8H7BrOSe/c1-11-8(10)6-2-4-7(9)5-3-6/h2-5H,1H3. The Hall–Kier alpha value is -0.111. The van der Waals surface area contributed by atoms with Gasteiger partial charge in [-0.15, -0.1) is 0 Å². The van der Waals surface area contributed by atoms with E-state index in [1.54, 1.807) is 0 Å². The Morgan fingerprint density at radius 3 is 2.36 bits per heavy atom. The monoisotopic (exact) mass is 278 g/mol. The molecule has 0 unspecified atom stereocenters. The van der Waals surface area contributed by atoms with Gasteiger partial charge in [0.2, 0.25) is 0 Å². The van der Waals surface area contributed by atoms with E-state index in [2.05, 4.69) is 15.9 Å². The van der Waals surface area contributed by atoms with Gasteiger partial charge in [0.15, 0.2) is 0 Å². The second-order valence-electron chi connectivity index (χ2n) is 2.00. The van der Waals surface area contributed by atoms with Crippen LogP contribution < -0.4 is 0 Å². The summed E-state index contributed by atoms with van der Waals surface area (Å²) in [6.07, 6.45) is 0. The molecule has 0 fully saturated rings. The van der Waals surface area contributed by atoms with Crippen LogP contribution in [0.5, 0.6) is 0 Å². The summed E-state index contributed by atoms with van der Waals surface area (Å²) in [5.74, 6) is 1.93. The maximum atomic E-state index is 11.1. The molecular weight excluding hydrogens is 271 g/mol. The van der Waals surface area contributed by atoms with Gasteiger partial charge in [0, 0.05) is 0 Å². The molecule has 1 aromatic rings. The van der Waals surface area contributed by atoms with Gasteiger partial charge in [-0.05, 0) is 0 Å². The molecule has 0 heterocycles. The van der Waals surface area contributed by atoms with Gasteiger partial charge in [0.25, 0.3) is 0 Å². The molecule has 0 N–H and O–H groups in total. The molecule has 0 spiro atoms. The summed E-state index contributed by atoms with van der Waals surface area (Å²) in [7, 11) is 0. The summed E-state index contributed by atoms with van der Waals surface area (Å²) in [6.45, 7) is 0. The van der Waals surface area contributed by atoms with Crippen LogP contribution in [0.2, 0.25) is 5.82 Å². The number of rotatable bonds is 2. The van der Waals surface area contributed by atoms with Crippen LogP contribution in [0, 0.1) is 0 Å². The fourth-order valence-electron chi connectivity index (χ4n) is 0.704. The van der Waals surface area contributed by atoms with Crippen LogP contribution >= 0.6 is 15.9 Å². The van der Waals surface area contributed by atoms with E-state index in [1.807, 2.05) is 30.1 Å². The quantitative estimate of drug-likeness (QED) is 0.759. The van der Waals surface area contributed by atoms with E-state index >= 15 is 0 Å². The molecule has 0 aliphatic carbocycles. The molecular formula is C8H7BrOSe. The van der Waals surface area contributed by atoms with E-state index in [0.29, 0.717) is 0 Å². The van der Waals surface area contributed by atoms with Crippen molar-refractivity contribution in [2.24, 2.45) is 0 Å². The van der Waals surface area contributed by atoms with Crippen molar-refractivity contribution in [3.63, 3.8) is 0 Å². The first-order valence-electron chi connectivity index (χ1n) is 3.08. The Morgan fingerprint density at radius 2 is 1.91 bits per heavy atom. The van der Waals surface area contributed by atoms with Crippen LogP contribution in [0.15, 0.2) is 28.7 Å². The average molecular weight is 278 g/mol. The molecule has 58 valence electrons. The van der Waals surface area contributed by atoms with Crippen molar-refractivity contribution in [3.05, 3.63) is 34.3 Å². The number of halogens is 1. The number of hydrogen-bond acceptors (Lipinski definition) is 1. The summed E-state index contributed by atoms with van der Waals surface area (Å²) in [6, 6.07) is 7.47. The molecule has 1 nitrogen and oxygen atoms in total. The van der Waals surface area contributed by atoms with Gasteiger partial charge in [-0.1, -0.05) is 0 Å². The molecule has 11 heavy (non-hydrogen) atoms. The molecule has 3 heteroatoms. The van der Waals surface area contributed by atoms with E-state index in [1.165, 1.54) is 0 Å². The number of carbonyl (C=O) groups excluding carboxylic acids is 1. The summed E-state index contributed by atoms with van der Waals surface area (Å²) < 4.78 is 1.27. The molecule has 0 aliphatic rings. The molecule has 0 radical (unpaired) electrons. The van der Waals surface area contributed by atoms with Crippen LogP contribution in [0.25, 0.3) is 0 Å². The summed E-state index contributed by atoms with van der Waals surface area (Å²) in [5, 5.41) is 0. The van der Waals surface area contributed by atoms with Crippen LogP contribution in [0.3, 0.4) is 0 Å². The third kappa shape index (κ3) is 2.44. The third-order valence-corrected chi connectivity index (χ3v) is 3.07. The summed E-state index contributed by atoms with van der Waals surface area (Å²) in [5.41, 5.74) is 0.815. The van der Waals surface area contributed by atoms with Gasteiger partial charge in [-0.3, -0.25) is 0 Å². The van der Waals surface area contributed by atoms with Crippen LogP contribution in [0.4, 0.5) is 0 Å². The van der Waals surface area contributed by atoms with Gasteiger partial charge in [0.05, 0.1) is 0 Å². The molecule has 1 rings (SSSR count). The van der Waals surface area contributed by atoms with Gasteiger partial charge >= 0.3 is 80.5 Å². The maximum absolute atomic E-state index is 11.1. The first kappa shape index (κ1) is 8.98. The Morgan fingerprint density at radius 1 is 1.36 bits per heavy atom. The topological polar surface area (TPSA) is 17.1 Å². The molecule has 0 aliphatic heterocycles. The summed E-state index contributed by atoms with van der Waals surface area (Å²) >= 11 is 3.39. The van der Waals surface area contributed by atoms with E-state index in [-0.39, 0.29) is 19.6 Å². The van der Waals surface area contributed by atoms with Gasteiger partial charge < -0.3 is 0 Å². The van der Waals surface area contributed by atoms with E-state index in [4.69, 9.17) is 0 Å². The molecule has 0 atom stereocenters. The number of benzene rings is 1. The molecule has 0 bridgehead atoms. The van der Waals surface area contributed by atoms with Gasteiger partial charge in [-0.25, -0.2) is 0 Å². The van der Waals surface area contributed by atoms with Crippen molar-refractivity contribution in [1.82, 2.24) is 0 Å². The van der Waals surface area contributed by atoms with Crippen molar-refractivity contribution >= 4 is 35.6 Å². The van der Waals surface area contributed by atoms with Crippen LogP contribution in [-0.4, -0.2) is 19.6 Å². The molecule has 0 aromatic heterocycles. The Balaban J connectivity index is 2.90. The third-order valence-electron chi connectivity index (χ3n) is 1.27. The second kappa shape index (κ2) is 4.05. The van der Waals surface area contributed by atoms with E-state index < -0.39 is 0 Å². The number of carbonyl (C=O) groups is 1. The molecule has 1 aromatic carbocycles. The first-order valence-corrected chi connectivity index (χ1v) is 6.44. The average Bonchev–Trinajstić information content (AvgIpc) is 2.05. The predicted molar refractivity (Wildman–Crippen MR) is 50.1 cm³/mol. The van der Waals surface area contributed by atoms with Crippen molar-refractivity contribution in [3.8, 4) is 0 Å². The number of hydrogen-bond donors (Lipinski definition) is 0.